The first-order valence-corrected chi connectivity index (χ1v) is 42.8. The number of aliphatic imine (C=N–C) groups is 6. The van der Waals surface area contributed by atoms with Gasteiger partial charge in [0, 0.05) is 140 Å². The third kappa shape index (κ3) is 28.5. The standard InChI is InChI=1S/C102H114N6O12/c1-7-13-19-25-49-115-97-61-85-86(62-98(97)116-50-26-20-14-8-2)104-68-80-44-38-74(56-92(80)110)33-34-76-40-46-82(94(112)58-76)70-106-89-65-101(119-53-29-23-17-11-5)102(120-54-30-24-18-12-6)66-90(89)108-72-84-48-42-78(60-96(84)114)36-35-77-41-47-83(95(113)59-77)71-107-88-64-100(118-52-28-22-16-10-4)99(117-51-27-21-15-9-3)63-87(88)105-69-81-45-39-75(57-93(81)111)32-31-73-37-43-79(67-103-85)91(109)55-73/h37-48,55-72,109-114H,7-30,49-54H2,1-6H3. The Hall–Kier alpha value is -12.7. The summed E-state index contributed by atoms with van der Waals surface area (Å²) in [6.07, 6.45) is 33.5. The molecule has 0 fully saturated rings. The number of aromatic hydroxyl groups is 6. The molecular weight excluding hydrogens is 1500 g/mol. The van der Waals surface area contributed by atoms with Gasteiger partial charge < -0.3 is 59.1 Å². The topological polar surface area (TPSA) is 251 Å². The minimum Gasteiger partial charge on any atom is -0.507 e. The predicted molar refractivity (Wildman–Crippen MR) is 487 cm³/mol. The van der Waals surface area contributed by atoms with Crippen LogP contribution in [0.4, 0.5) is 34.1 Å². The van der Waals surface area contributed by atoms with E-state index in [-0.39, 0.29) is 34.5 Å². The van der Waals surface area contributed by atoms with Crippen molar-refractivity contribution in [2.75, 3.05) is 39.6 Å². The van der Waals surface area contributed by atoms with E-state index >= 15 is 0 Å². The van der Waals surface area contributed by atoms with Crippen LogP contribution in [0.5, 0.6) is 69.0 Å². The quantitative estimate of drug-likeness (QED) is 0.0158. The van der Waals surface area contributed by atoms with Crippen molar-refractivity contribution in [1.29, 1.82) is 0 Å². The third-order valence-corrected chi connectivity index (χ3v) is 19.9. The van der Waals surface area contributed by atoms with Gasteiger partial charge in [-0.1, -0.05) is 193 Å². The molecule has 0 saturated heterocycles. The molecule has 0 unspecified atom stereocenters. The number of rotatable bonds is 36. The Balaban J connectivity index is 1.05. The van der Waals surface area contributed by atoms with Crippen LogP contribution in [0.1, 0.15) is 262 Å². The van der Waals surface area contributed by atoms with E-state index < -0.39 is 0 Å². The fourth-order valence-electron chi connectivity index (χ4n) is 12.8. The summed E-state index contributed by atoms with van der Waals surface area (Å²) < 4.78 is 38.7. The largest absolute Gasteiger partial charge is 0.507 e. The molecule has 0 spiro atoms. The van der Waals surface area contributed by atoms with Crippen LogP contribution in [0.15, 0.2) is 176 Å². The lowest BCUT2D eigenvalue weighted by atomic mass is 10.1. The Bertz CT molecular complexity index is 4450. The zero-order chi connectivity index (χ0) is 84.5. The lowest BCUT2D eigenvalue weighted by Crippen LogP contribution is -2.03. The van der Waals surface area contributed by atoms with Gasteiger partial charge in [-0.3, -0.25) is 30.0 Å². The van der Waals surface area contributed by atoms with Crippen molar-refractivity contribution >= 4 is 71.4 Å². The molecule has 10 aliphatic heterocycles. The highest BCUT2D eigenvalue weighted by Crippen LogP contribution is 2.45. The maximum absolute atomic E-state index is 11.6. The molecule has 9 aromatic rings. The number of unbranched alkanes of at least 4 members (excludes halogenated alkanes) is 18. The molecular formula is C102H114N6O12. The summed E-state index contributed by atoms with van der Waals surface area (Å²) >= 11 is 0. The summed E-state index contributed by atoms with van der Waals surface area (Å²) in [6.45, 7) is 15.8. The smallest absolute Gasteiger partial charge is 0.163 e. The molecule has 12 bridgehead atoms. The molecule has 624 valence electrons. The molecule has 0 aliphatic carbocycles. The lowest BCUT2D eigenvalue weighted by Gasteiger charge is -2.15. The second kappa shape index (κ2) is 48.9. The van der Waals surface area contributed by atoms with E-state index in [4.69, 9.17) is 58.4 Å². The van der Waals surface area contributed by atoms with Crippen LogP contribution in [0.3, 0.4) is 0 Å². The highest BCUT2D eigenvalue weighted by atomic mass is 16.5. The van der Waals surface area contributed by atoms with E-state index in [2.05, 4.69) is 77.1 Å². The summed E-state index contributed by atoms with van der Waals surface area (Å²) in [7, 11) is 0. The van der Waals surface area contributed by atoms with Crippen molar-refractivity contribution in [1.82, 2.24) is 0 Å². The summed E-state index contributed by atoms with van der Waals surface area (Å²) in [5.74, 6) is 21.3. The fraction of sp³-hybridized carbons (Fsp3) is 0.353. The molecule has 10 aliphatic rings. The highest BCUT2D eigenvalue weighted by Gasteiger charge is 2.19. The zero-order valence-corrected chi connectivity index (χ0v) is 70.3. The van der Waals surface area contributed by atoms with Crippen LogP contribution < -0.4 is 28.4 Å². The predicted octanol–water partition coefficient (Wildman–Crippen LogP) is 24.7. The maximum Gasteiger partial charge on any atom is 0.163 e. The molecule has 18 heteroatoms. The second-order valence-corrected chi connectivity index (χ2v) is 29.8. The zero-order valence-electron chi connectivity index (χ0n) is 70.3. The van der Waals surface area contributed by atoms with Crippen LogP contribution in [0, 0.1) is 35.5 Å². The molecule has 0 radical (unpaired) electrons. The molecule has 10 heterocycles. The summed E-state index contributed by atoms with van der Waals surface area (Å²) in [4.78, 5) is 29.4. The fourth-order valence-corrected chi connectivity index (χ4v) is 12.8. The van der Waals surface area contributed by atoms with Crippen molar-refractivity contribution in [3.8, 4) is 105 Å². The Morgan fingerprint density at radius 1 is 0.200 bits per heavy atom. The van der Waals surface area contributed by atoms with Crippen LogP contribution >= 0.6 is 0 Å². The van der Waals surface area contributed by atoms with Gasteiger partial charge in [0.1, 0.15) is 34.5 Å². The van der Waals surface area contributed by atoms with Crippen LogP contribution in [-0.2, 0) is 0 Å². The molecule has 18 nitrogen and oxygen atoms in total. The third-order valence-electron chi connectivity index (χ3n) is 19.9. The minimum atomic E-state index is -0.0773. The molecule has 0 amide bonds. The van der Waals surface area contributed by atoms with Gasteiger partial charge in [-0.2, -0.15) is 0 Å². The molecule has 120 heavy (non-hydrogen) atoms. The maximum atomic E-state index is 11.6. The Morgan fingerprint density at radius 3 is 0.483 bits per heavy atom. The molecule has 9 aromatic carbocycles. The normalized spacial score (nSPS) is 11.8. The van der Waals surface area contributed by atoms with Gasteiger partial charge in [-0.15, -0.1) is 0 Å². The van der Waals surface area contributed by atoms with Gasteiger partial charge in [-0.05, 0) is 148 Å². The van der Waals surface area contributed by atoms with Gasteiger partial charge in [0.05, 0.1) is 73.8 Å². The molecule has 6 N–H and O–H groups in total. The van der Waals surface area contributed by atoms with Crippen molar-refractivity contribution in [2.45, 2.75) is 196 Å². The number of phenolic OH excluding ortho intramolecular Hbond substituents is 6. The lowest BCUT2D eigenvalue weighted by molar-refractivity contribution is 0.259. The molecule has 0 saturated carbocycles. The van der Waals surface area contributed by atoms with Crippen molar-refractivity contribution in [3.63, 3.8) is 0 Å². The van der Waals surface area contributed by atoms with Gasteiger partial charge >= 0.3 is 0 Å². The number of benzene rings is 9. The highest BCUT2D eigenvalue weighted by molar-refractivity contribution is 5.94. The first-order chi connectivity index (χ1) is 58.7. The van der Waals surface area contributed by atoms with Crippen LogP contribution in [0.2, 0.25) is 0 Å². The molecule has 0 aromatic heterocycles. The Morgan fingerprint density at radius 2 is 0.350 bits per heavy atom. The van der Waals surface area contributed by atoms with Gasteiger partial charge in [0.25, 0.3) is 0 Å². The van der Waals surface area contributed by atoms with E-state index in [1.54, 1.807) is 183 Å². The number of phenols is 6. The summed E-state index contributed by atoms with van der Waals surface area (Å²) in [5, 5.41) is 69.4. The number of hydrogen-bond donors (Lipinski definition) is 6. The van der Waals surface area contributed by atoms with Crippen molar-refractivity contribution in [2.24, 2.45) is 30.0 Å². The SMILES string of the molecule is CCCCCCOc1cc2c(cc1OCCCCCC)N=Cc1ccc(cc1O)C#Cc1ccc(c(O)c1)C=Nc1cc(OCCCCCC)c(OCCCCCC)cc1N=Cc1ccc(cc1O)C#Cc1ccc(c(O)c1)C=Nc1cc(OCCCCCC)c(OCCCCCC)cc1N=Cc1ccc(cc1O)C#Cc1ccc(c(O)c1)C=N2. The Labute approximate surface area is 708 Å². The van der Waals surface area contributed by atoms with E-state index in [0.29, 0.717) is 175 Å². The first-order valence-electron chi connectivity index (χ1n) is 42.8. The van der Waals surface area contributed by atoms with E-state index in [1.165, 1.54) is 0 Å². The van der Waals surface area contributed by atoms with Crippen molar-refractivity contribution < 1.29 is 59.1 Å². The number of hydrogen-bond acceptors (Lipinski definition) is 18. The van der Waals surface area contributed by atoms with Crippen LogP contribution in [0.25, 0.3) is 0 Å². The van der Waals surface area contributed by atoms with Crippen molar-refractivity contribution in [3.05, 3.63) is 212 Å². The summed E-state index contributed by atoms with van der Waals surface area (Å²) in [5.41, 5.74) is 7.94. The van der Waals surface area contributed by atoms with Gasteiger partial charge in [0.2, 0.25) is 0 Å². The molecule has 0 atom stereocenters. The van der Waals surface area contributed by atoms with E-state index in [0.717, 1.165) is 154 Å². The van der Waals surface area contributed by atoms with E-state index in [1.807, 2.05) is 0 Å². The monoisotopic (exact) mass is 1610 g/mol. The van der Waals surface area contributed by atoms with Gasteiger partial charge in [-0.25, -0.2) is 0 Å². The van der Waals surface area contributed by atoms with Crippen LogP contribution in [-0.4, -0.2) is 108 Å². The molecule has 19 rings (SSSR count). The second-order valence-electron chi connectivity index (χ2n) is 29.8. The summed E-state index contributed by atoms with van der Waals surface area (Å²) in [6, 6.07) is 41.0. The van der Waals surface area contributed by atoms with E-state index in [9.17, 15) is 30.6 Å². The average molecular weight is 1620 g/mol. The number of nitrogens with zero attached hydrogens (tertiary/aromatic N) is 6. The number of ether oxygens (including phenoxy) is 6. The van der Waals surface area contributed by atoms with Gasteiger partial charge in [0.15, 0.2) is 34.5 Å². The minimum absolute atomic E-state index is 0.0773. The Kier molecular flexibility index (Phi) is 36.5. The average Bonchev–Trinajstić information content (AvgIpc) is 0.821. The first kappa shape index (κ1) is 89.6.